The Morgan fingerprint density at radius 2 is 1.69 bits per heavy atom. The molecule has 0 aromatic heterocycles. The number of carboxylic acids is 1. The lowest BCUT2D eigenvalue weighted by molar-refractivity contribution is -0.299. The molecule has 0 fully saturated rings. The Hall–Kier alpha value is -0.310. The van der Waals surface area contributed by atoms with Gasteiger partial charge in [-0.15, -0.1) is 0 Å². The van der Waals surface area contributed by atoms with Gasteiger partial charge < -0.3 is 9.90 Å². The molecule has 0 aromatic rings. The van der Waals surface area contributed by atoms with Crippen molar-refractivity contribution < 1.29 is 9.90 Å². The average Bonchev–Trinajstić information content (AvgIpc) is 2.10. The summed E-state index contributed by atoms with van der Waals surface area (Å²) in [4.78, 5) is 10.2. The van der Waals surface area contributed by atoms with E-state index in [9.17, 15) is 9.90 Å². The minimum absolute atomic E-state index is 0.223. The van der Waals surface area contributed by atoms with Crippen LogP contribution in [-0.4, -0.2) is 11.3 Å². The second kappa shape index (κ2) is 8.30. The molecule has 0 saturated carbocycles. The average molecular weight is 248 g/mol. The van der Waals surface area contributed by atoms with Crippen molar-refractivity contribution in [3.05, 3.63) is 12.2 Å². The molecule has 0 unspecified atom stereocenters. The Labute approximate surface area is 88.2 Å². The lowest BCUT2D eigenvalue weighted by atomic mass is 10.1. The standard InChI is InChI=1S/C10H17BrO2/c1-9(10(12)13)7-5-3-2-4-6-8-11/h1-8H2,(H,12,13)/p-1. The molecule has 0 atom stereocenters. The van der Waals surface area contributed by atoms with Crippen LogP contribution in [0.1, 0.15) is 38.5 Å². The van der Waals surface area contributed by atoms with Gasteiger partial charge in [-0.1, -0.05) is 41.8 Å². The number of halogens is 1. The van der Waals surface area contributed by atoms with Crippen LogP contribution in [0.25, 0.3) is 0 Å². The molecule has 0 radical (unpaired) electrons. The number of carboxylic acid groups (broad SMARTS) is 1. The minimum atomic E-state index is -1.11. The summed E-state index contributed by atoms with van der Waals surface area (Å²) in [6.07, 6.45) is 6.14. The van der Waals surface area contributed by atoms with Crippen molar-refractivity contribution in [1.29, 1.82) is 0 Å². The van der Waals surface area contributed by atoms with Crippen molar-refractivity contribution in [3.8, 4) is 0 Å². The zero-order valence-electron chi connectivity index (χ0n) is 7.85. The largest absolute Gasteiger partial charge is 0.545 e. The van der Waals surface area contributed by atoms with Gasteiger partial charge in [0.1, 0.15) is 0 Å². The van der Waals surface area contributed by atoms with Gasteiger partial charge in [0.2, 0.25) is 0 Å². The first-order valence-corrected chi connectivity index (χ1v) is 5.75. The molecule has 76 valence electrons. The highest BCUT2D eigenvalue weighted by atomic mass is 79.9. The molecule has 2 nitrogen and oxygen atoms in total. The number of unbranched alkanes of at least 4 members (excludes halogenated alkanes) is 4. The van der Waals surface area contributed by atoms with Gasteiger partial charge in [0.05, 0.1) is 5.97 Å². The molecule has 0 saturated heterocycles. The van der Waals surface area contributed by atoms with Crippen LogP contribution in [0.3, 0.4) is 0 Å². The normalized spacial score (nSPS) is 9.92. The molecule has 0 aromatic carbocycles. The topological polar surface area (TPSA) is 40.1 Å². The summed E-state index contributed by atoms with van der Waals surface area (Å²) in [6, 6.07) is 0. The molecule has 0 aliphatic carbocycles. The third kappa shape index (κ3) is 8.03. The first-order valence-electron chi connectivity index (χ1n) is 4.63. The lowest BCUT2D eigenvalue weighted by Gasteiger charge is -2.05. The van der Waals surface area contributed by atoms with E-state index < -0.39 is 5.97 Å². The number of carbonyl (C=O) groups is 1. The molecule has 0 rings (SSSR count). The van der Waals surface area contributed by atoms with E-state index in [1.807, 2.05) is 0 Å². The van der Waals surface area contributed by atoms with E-state index in [0.717, 1.165) is 18.2 Å². The second-order valence-electron chi connectivity index (χ2n) is 3.10. The quantitative estimate of drug-likeness (QED) is 0.374. The van der Waals surface area contributed by atoms with Gasteiger partial charge in [-0.05, 0) is 24.8 Å². The molecule has 0 bridgehead atoms. The highest BCUT2D eigenvalue weighted by molar-refractivity contribution is 9.09. The first kappa shape index (κ1) is 12.7. The van der Waals surface area contributed by atoms with Crippen molar-refractivity contribution in [2.45, 2.75) is 38.5 Å². The summed E-state index contributed by atoms with van der Waals surface area (Å²) in [5.74, 6) is -1.11. The molecule has 0 amide bonds. The van der Waals surface area contributed by atoms with E-state index in [-0.39, 0.29) is 5.57 Å². The van der Waals surface area contributed by atoms with E-state index >= 15 is 0 Å². The van der Waals surface area contributed by atoms with Crippen molar-refractivity contribution in [2.75, 3.05) is 5.33 Å². The molecule has 3 heteroatoms. The molecule has 13 heavy (non-hydrogen) atoms. The van der Waals surface area contributed by atoms with Crippen LogP contribution in [0.2, 0.25) is 0 Å². The number of hydrogen-bond donors (Lipinski definition) is 0. The van der Waals surface area contributed by atoms with E-state index in [1.54, 1.807) is 0 Å². The predicted molar refractivity (Wildman–Crippen MR) is 55.6 cm³/mol. The number of alkyl halides is 1. The maximum atomic E-state index is 10.2. The Morgan fingerprint density at radius 3 is 2.23 bits per heavy atom. The Kier molecular flexibility index (Phi) is 8.10. The number of hydrogen-bond acceptors (Lipinski definition) is 2. The molecular formula is C10H16BrO2-. The smallest absolute Gasteiger partial charge is 0.0668 e. The van der Waals surface area contributed by atoms with E-state index in [4.69, 9.17) is 0 Å². The number of carbonyl (C=O) groups excluding carboxylic acids is 1. The van der Waals surface area contributed by atoms with Crippen molar-refractivity contribution >= 4 is 21.9 Å². The van der Waals surface area contributed by atoms with E-state index in [2.05, 4.69) is 22.5 Å². The summed E-state index contributed by atoms with van der Waals surface area (Å²) in [5.41, 5.74) is 0.223. The van der Waals surface area contributed by atoms with Crippen LogP contribution in [0.5, 0.6) is 0 Å². The molecule has 0 aliphatic heterocycles. The van der Waals surface area contributed by atoms with Crippen LogP contribution in [0, 0.1) is 0 Å². The molecule has 0 heterocycles. The second-order valence-corrected chi connectivity index (χ2v) is 3.89. The van der Waals surface area contributed by atoms with Crippen molar-refractivity contribution in [2.24, 2.45) is 0 Å². The number of rotatable bonds is 8. The van der Waals surface area contributed by atoms with Crippen LogP contribution >= 0.6 is 15.9 Å². The van der Waals surface area contributed by atoms with Gasteiger partial charge in [-0.2, -0.15) is 0 Å². The first-order chi connectivity index (χ1) is 6.18. The zero-order valence-corrected chi connectivity index (χ0v) is 9.44. The van der Waals surface area contributed by atoms with Gasteiger partial charge in [0.15, 0.2) is 0 Å². The lowest BCUT2D eigenvalue weighted by Crippen LogP contribution is -2.23. The van der Waals surface area contributed by atoms with Crippen LogP contribution in [0.4, 0.5) is 0 Å². The maximum Gasteiger partial charge on any atom is 0.0668 e. The third-order valence-electron chi connectivity index (χ3n) is 1.90. The fourth-order valence-electron chi connectivity index (χ4n) is 1.07. The predicted octanol–water partition coefficient (Wildman–Crippen LogP) is 2.03. The highest BCUT2D eigenvalue weighted by Gasteiger charge is 1.95. The molecule has 0 N–H and O–H groups in total. The van der Waals surface area contributed by atoms with Gasteiger partial charge in [0.25, 0.3) is 0 Å². The van der Waals surface area contributed by atoms with E-state index in [1.165, 1.54) is 19.3 Å². The van der Waals surface area contributed by atoms with E-state index in [0.29, 0.717) is 6.42 Å². The fraction of sp³-hybridized carbons (Fsp3) is 0.700. The highest BCUT2D eigenvalue weighted by Crippen LogP contribution is 2.09. The van der Waals surface area contributed by atoms with Crippen LogP contribution in [-0.2, 0) is 4.79 Å². The molecular weight excluding hydrogens is 232 g/mol. The number of aliphatic carboxylic acids is 1. The van der Waals surface area contributed by atoms with Gasteiger partial charge in [-0.25, -0.2) is 0 Å². The minimum Gasteiger partial charge on any atom is -0.545 e. The fourth-order valence-corrected chi connectivity index (χ4v) is 1.46. The van der Waals surface area contributed by atoms with Gasteiger partial charge >= 0.3 is 0 Å². The summed E-state index contributed by atoms with van der Waals surface area (Å²) in [6.45, 7) is 3.42. The summed E-state index contributed by atoms with van der Waals surface area (Å²) in [5, 5.41) is 11.3. The molecule has 0 spiro atoms. The van der Waals surface area contributed by atoms with Gasteiger partial charge in [-0.3, -0.25) is 0 Å². The maximum absolute atomic E-state index is 10.2. The summed E-state index contributed by atoms with van der Waals surface area (Å²) in [7, 11) is 0. The Balaban J connectivity index is 3.16. The summed E-state index contributed by atoms with van der Waals surface area (Å²) >= 11 is 3.36. The monoisotopic (exact) mass is 247 g/mol. The zero-order chi connectivity index (χ0) is 10.1. The van der Waals surface area contributed by atoms with Crippen LogP contribution < -0.4 is 5.11 Å². The van der Waals surface area contributed by atoms with Crippen LogP contribution in [0.15, 0.2) is 12.2 Å². The summed E-state index contributed by atoms with van der Waals surface area (Å²) < 4.78 is 0. The van der Waals surface area contributed by atoms with Crippen molar-refractivity contribution in [3.63, 3.8) is 0 Å². The SMILES string of the molecule is C=C(CCCCCCCBr)C(=O)[O-]. The Morgan fingerprint density at radius 1 is 1.15 bits per heavy atom. The third-order valence-corrected chi connectivity index (χ3v) is 2.46. The Bertz CT molecular complexity index is 166. The van der Waals surface area contributed by atoms with Gasteiger partial charge in [0, 0.05) is 5.33 Å². The molecule has 0 aliphatic rings. The van der Waals surface area contributed by atoms with Crippen molar-refractivity contribution in [1.82, 2.24) is 0 Å².